The molecule has 0 radical (unpaired) electrons. The molecule has 1 heterocycles. The molecule has 0 aliphatic carbocycles. The molecule has 0 spiro atoms. The van der Waals surface area contributed by atoms with Gasteiger partial charge in [0.25, 0.3) is 0 Å². The highest BCUT2D eigenvalue weighted by atomic mass is 32.2. The molecule has 2 aromatic rings. The highest BCUT2D eigenvalue weighted by Crippen LogP contribution is 2.12. The van der Waals surface area contributed by atoms with Crippen LogP contribution in [0.2, 0.25) is 0 Å². The van der Waals surface area contributed by atoms with Crippen LogP contribution in [-0.2, 0) is 21.3 Å². The van der Waals surface area contributed by atoms with Gasteiger partial charge in [0.1, 0.15) is 5.75 Å². The molecule has 0 aliphatic heterocycles. The highest BCUT2D eigenvalue weighted by Gasteiger charge is 2.15. The predicted molar refractivity (Wildman–Crippen MR) is 64.0 cm³/mol. The number of aryl methyl sites for hydroxylation is 1. The fourth-order valence-electron chi connectivity index (χ4n) is 1.58. The van der Waals surface area contributed by atoms with E-state index in [-0.39, 0.29) is 11.5 Å². The van der Waals surface area contributed by atoms with Crippen LogP contribution >= 0.6 is 0 Å². The van der Waals surface area contributed by atoms with Gasteiger partial charge in [-0.25, -0.2) is 8.42 Å². The van der Waals surface area contributed by atoms with E-state index in [0.717, 1.165) is 5.56 Å². The maximum atomic E-state index is 11.9. The second-order valence-corrected chi connectivity index (χ2v) is 6.02. The van der Waals surface area contributed by atoms with E-state index in [0.29, 0.717) is 11.5 Å². The van der Waals surface area contributed by atoms with Gasteiger partial charge in [0, 0.05) is 6.07 Å². The summed E-state index contributed by atoms with van der Waals surface area (Å²) in [6.45, 7) is 1.76. The normalized spacial score (nSPS) is 11.6. The Morgan fingerprint density at radius 1 is 1.18 bits per heavy atom. The van der Waals surface area contributed by atoms with Gasteiger partial charge < -0.3 is 4.52 Å². The third-order valence-electron chi connectivity index (χ3n) is 2.27. The first kappa shape index (κ1) is 11.9. The van der Waals surface area contributed by atoms with Crippen LogP contribution in [0.1, 0.15) is 17.0 Å². The summed E-state index contributed by atoms with van der Waals surface area (Å²) in [5, 5.41) is 3.67. The molecule has 1 aromatic carbocycles. The van der Waals surface area contributed by atoms with E-state index >= 15 is 0 Å². The van der Waals surface area contributed by atoms with E-state index in [1.165, 1.54) is 0 Å². The lowest BCUT2D eigenvalue weighted by molar-refractivity contribution is 0.388. The van der Waals surface area contributed by atoms with Gasteiger partial charge in [-0.1, -0.05) is 35.5 Å². The molecule has 17 heavy (non-hydrogen) atoms. The summed E-state index contributed by atoms with van der Waals surface area (Å²) in [6.07, 6.45) is 0. The van der Waals surface area contributed by atoms with Crippen molar-refractivity contribution in [3.05, 3.63) is 53.4 Å². The van der Waals surface area contributed by atoms with Gasteiger partial charge in [-0.3, -0.25) is 0 Å². The third kappa shape index (κ3) is 3.42. The maximum absolute atomic E-state index is 11.9. The monoisotopic (exact) mass is 251 g/mol. The van der Waals surface area contributed by atoms with E-state index in [2.05, 4.69) is 5.16 Å². The summed E-state index contributed by atoms with van der Waals surface area (Å²) in [4.78, 5) is 0. The van der Waals surface area contributed by atoms with E-state index in [1.54, 1.807) is 25.1 Å². The molecule has 0 atom stereocenters. The molecule has 0 unspecified atom stereocenters. The van der Waals surface area contributed by atoms with Crippen LogP contribution < -0.4 is 0 Å². The highest BCUT2D eigenvalue weighted by molar-refractivity contribution is 7.89. The van der Waals surface area contributed by atoms with Crippen LogP contribution in [0.25, 0.3) is 0 Å². The lowest BCUT2D eigenvalue weighted by Crippen LogP contribution is -2.06. The van der Waals surface area contributed by atoms with Crippen LogP contribution in [0.5, 0.6) is 0 Å². The molecule has 0 N–H and O–H groups in total. The molecular formula is C12H13NO3S. The second kappa shape index (κ2) is 4.71. The Balaban J connectivity index is 2.10. The first-order valence-electron chi connectivity index (χ1n) is 5.22. The number of sulfone groups is 1. The summed E-state index contributed by atoms with van der Waals surface area (Å²) >= 11 is 0. The fourth-order valence-corrected chi connectivity index (χ4v) is 2.95. The molecule has 0 aliphatic rings. The number of benzene rings is 1. The van der Waals surface area contributed by atoms with Crippen LogP contribution in [-0.4, -0.2) is 13.6 Å². The van der Waals surface area contributed by atoms with Crippen molar-refractivity contribution in [1.29, 1.82) is 0 Å². The zero-order valence-electron chi connectivity index (χ0n) is 9.46. The second-order valence-electron chi connectivity index (χ2n) is 3.95. The van der Waals surface area contributed by atoms with E-state index in [9.17, 15) is 8.42 Å². The molecule has 4 nitrogen and oxygen atoms in total. The van der Waals surface area contributed by atoms with E-state index in [1.807, 2.05) is 18.2 Å². The SMILES string of the molecule is Cc1cc(CS(=O)(=O)Cc2ccccc2)on1. The molecule has 0 amide bonds. The minimum Gasteiger partial charge on any atom is -0.360 e. The van der Waals surface area contributed by atoms with Crippen molar-refractivity contribution in [2.24, 2.45) is 0 Å². The third-order valence-corrected chi connectivity index (χ3v) is 3.77. The van der Waals surface area contributed by atoms with Gasteiger partial charge >= 0.3 is 0 Å². The van der Waals surface area contributed by atoms with Crippen molar-refractivity contribution < 1.29 is 12.9 Å². The topological polar surface area (TPSA) is 60.2 Å². The summed E-state index contributed by atoms with van der Waals surface area (Å²) in [6, 6.07) is 10.7. The van der Waals surface area contributed by atoms with Crippen LogP contribution in [0, 0.1) is 6.92 Å². The molecule has 0 fully saturated rings. The smallest absolute Gasteiger partial charge is 0.161 e. The number of hydrogen-bond donors (Lipinski definition) is 0. The maximum Gasteiger partial charge on any atom is 0.161 e. The Bertz CT molecular complexity index is 587. The van der Waals surface area contributed by atoms with Crippen molar-refractivity contribution in [1.82, 2.24) is 5.16 Å². The number of aromatic nitrogens is 1. The largest absolute Gasteiger partial charge is 0.360 e. The molecule has 0 saturated heterocycles. The first-order valence-corrected chi connectivity index (χ1v) is 7.04. The Morgan fingerprint density at radius 3 is 2.47 bits per heavy atom. The molecule has 0 bridgehead atoms. The molecular weight excluding hydrogens is 238 g/mol. The van der Waals surface area contributed by atoms with E-state index < -0.39 is 9.84 Å². The molecule has 1 aromatic heterocycles. The number of rotatable bonds is 4. The minimum absolute atomic E-state index is 0.0214. The van der Waals surface area contributed by atoms with Crippen molar-refractivity contribution in [3.8, 4) is 0 Å². The van der Waals surface area contributed by atoms with Gasteiger partial charge in [0.15, 0.2) is 15.6 Å². The summed E-state index contributed by atoms with van der Waals surface area (Å²) in [7, 11) is -3.21. The van der Waals surface area contributed by atoms with Crippen molar-refractivity contribution in [3.63, 3.8) is 0 Å². The molecule has 5 heteroatoms. The lowest BCUT2D eigenvalue weighted by atomic mass is 10.2. The Hall–Kier alpha value is -1.62. The predicted octanol–water partition coefficient (Wildman–Crippen LogP) is 2.10. The van der Waals surface area contributed by atoms with Gasteiger partial charge in [-0.15, -0.1) is 0 Å². The fraction of sp³-hybridized carbons (Fsp3) is 0.250. The average Bonchev–Trinajstić information content (AvgIpc) is 2.63. The molecule has 90 valence electrons. The summed E-state index contributed by atoms with van der Waals surface area (Å²) < 4.78 is 28.7. The standard InChI is InChI=1S/C12H13NO3S/c1-10-7-12(16-13-10)9-17(14,15)8-11-5-3-2-4-6-11/h2-7H,8-9H2,1H3. The zero-order chi connectivity index (χ0) is 12.3. The Kier molecular flexibility index (Phi) is 3.28. The quantitative estimate of drug-likeness (QED) is 0.835. The first-order chi connectivity index (χ1) is 8.05. The Morgan fingerprint density at radius 2 is 1.88 bits per heavy atom. The Labute approximate surface area is 100 Å². The lowest BCUT2D eigenvalue weighted by Gasteiger charge is -2.01. The molecule has 0 saturated carbocycles. The van der Waals surface area contributed by atoms with Crippen molar-refractivity contribution in [2.45, 2.75) is 18.4 Å². The summed E-state index contributed by atoms with van der Waals surface area (Å²) in [5.74, 6) is 0.300. The van der Waals surface area contributed by atoms with E-state index in [4.69, 9.17) is 4.52 Å². The van der Waals surface area contributed by atoms with Gasteiger partial charge in [0.05, 0.1) is 11.4 Å². The minimum atomic E-state index is -3.21. The zero-order valence-corrected chi connectivity index (χ0v) is 10.3. The van der Waals surface area contributed by atoms with Crippen molar-refractivity contribution >= 4 is 9.84 Å². The van der Waals surface area contributed by atoms with Crippen molar-refractivity contribution in [2.75, 3.05) is 0 Å². The number of hydrogen-bond acceptors (Lipinski definition) is 4. The van der Waals surface area contributed by atoms with Crippen LogP contribution in [0.4, 0.5) is 0 Å². The number of nitrogens with zero attached hydrogens (tertiary/aromatic N) is 1. The van der Waals surface area contributed by atoms with Crippen LogP contribution in [0.3, 0.4) is 0 Å². The van der Waals surface area contributed by atoms with Gasteiger partial charge in [0.2, 0.25) is 0 Å². The molecule has 2 rings (SSSR count). The van der Waals surface area contributed by atoms with Gasteiger partial charge in [-0.2, -0.15) is 0 Å². The summed E-state index contributed by atoms with van der Waals surface area (Å²) in [5.41, 5.74) is 1.47. The van der Waals surface area contributed by atoms with Crippen LogP contribution in [0.15, 0.2) is 40.9 Å². The van der Waals surface area contributed by atoms with Gasteiger partial charge in [-0.05, 0) is 12.5 Å². The average molecular weight is 251 g/mol.